The summed E-state index contributed by atoms with van der Waals surface area (Å²) in [5, 5.41) is 22.3. The Bertz CT molecular complexity index is 2380. The highest BCUT2D eigenvalue weighted by Crippen LogP contribution is 2.44. The van der Waals surface area contributed by atoms with Gasteiger partial charge in [-0.05, 0) is 72.4 Å². The maximum Gasteiger partial charge on any atom is 0.248 e. The van der Waals surface area contributed by atoms with Gasteiger partial charge in [-0.2, -0.15) is 0 Å². The fourth-order valence-electron chi connectivity index (χ4n) is 8.35. The Kier molecular flexibility index (Phi) is 15.5. The van der Waals surface area contributed by atoms with Crippen molar-refractivity contribution in [3.8, 4) is 11.1 Å². The SMILES string of the molecule is C=CC[C@H](N=C([O-])OCC1c2ccccc2-c2ccccc21)C(=O)N1CCCC1C(=O)N[C@@H](Cc1c[nH]c2ccccc12)C(=O)N[C@@H](CCCN=C(N)N)C(=O)N[C@@H](CC=C)C(N)=O. The van der Waals surface area contributed by atoms with Gasteiger partial charge < -0.3 is 52.9 Å². The molecule has 0 bridgehead atoms. The van der Waals surface area contributed by atoms with Crippen molar-refractivity contribution in [3.63, 3.8) is 0 Å². The molecular weight excluding hydrogens is 817 g/mol. The van der Waals surface area contributed by atoms with Gasteiger partial charge in [0, 0.05) is 49.1 Å². The number of hydrogen-bond donors (Lipinski definition) is 7. The molecule has 2 heterocycles. The molecule has 5 atom stereocenters. The molecule has 17 nitrogen and oxygen atoms in total. The molecule has 1 aromatic heterocycles. The molecule has 0 radical (unpaired) electrons. The summed E-state index contributed by atoms with van der Waals surface area (Å²) < 4.78 is 5.69. The smallest absolute Gasteiger partial charge is 0.248 e. The van der Waals surface area contributed by atoms with Gasteiger partial charge in [-0.15, -0.1) is 13.2 Å². The molecule has 64 heavy (non-hydrogen) atoms. The first-order chi connectivity index (χ1) is 30.9. The molecule has 1 aliphatic carbocycles. The molecule has 2 aliphatic rings. The molecular formula is C47H55N10O7-. The Morgan fingerprint density at radius 2 is 1.50 bits per heavy atom. The maximum absolute atomic E-state index is 14.3. The summed E-state index contributed by atoms with van der Waals surface area (Å²) in [6.07, 6.45) is 4.87. The van der Waals surface area contributed by atoms with E-state index in [2.05, 4.69) is 44.1 Å². The highest BCUT2D eigenvalue weighted by molar-refractivity contribution is 5.97. The number of hydrogen-bond acceptors (Lipinski definition) is 9. The number of H-pyrrole nitrogens is 1. The predicted molar refractivity (Wildman–Crippen MR) is 242 cm³/mol. The average molecular weight is 872 g/mol. The van der Waals surface area contributed by atoms with Crippen LogP contribution in [-0.4, -0.2) is 101 Å². The van der Waals surface area contributed by atoms with E-state index in [0.29, 0.717) is 12.0 Å². The summed E-state index contributed by atoms with van der Waals surface area (Å²) in [7, 11) is 0. The van der Waals surface area contributed by atoms with E-state index in [1.54, 1.807) is 6.20 Å². The number of aromatic nitrogens is 1. The van der Waals surface area contributed by atoms with Crippen LogP contribution in [0.1, 0.15) is 61.1 Å². The largest absolute Gasteiger partial charge is 0.599 e. The van der Waals surface area contributed by atoms with Gasteiger partial charge in [0.1, 0.15) is 36.3 Å². The summed E-state index contributed by atoms with van der Waals surface area (Å²) in [5.41, 5.74) is 22.2. The van der Waals surface area contributed by atoms with Gasteiger partial charge in [0.15, 0.2) is 5.96 Å². The quantitative estimate of drug-likeness (QED) is 0.0278. The Hall–Kier alpha value is -7.43. The van der Waals surface area contributed by atoms with E-state index in [9.17, 15) is 29.1 Å². The van der Waals surface area contributed by atoms with Crippen molar-refractivity contribution < 1.29 is 33.8 Å². The number of benzene rings is 3. The minimum atomic E-state index is -1.24. The number of aromatic amines is 1. The Morgan fingerprint density at radius 3 is 2.17 bits per heavy atom. The van der Waals surface area contributed by atoms with Crippen molar-refractivity contribution in [2.45, 2.75) is 81.1 Å². The van der Waals surface area contributed by atoms with Gasteiger partial charge in [0.25, 0.3) is 0 Å². The van der Waals surface area contributed by atoms with E-state index in [-0.39, 0.29) is 70.1 Å². The highest BCUT2D eigenvalue weighted by atomic mass is 16.6. The van der Waals surface area contributed by atoms with Crippen LogP contribution in [0.25, 0.3) is 22.0 Å². The Morgan fingerprint density at radius 1 is 0.859 bits per heavy atom. The van der Waals surface area contributed by atoms with E-state index in [1.165, 1.54) is 17.1 Å². The number of nitrogens with two attached hydrogens (primary N) is 3. The van der Waals surface area contributed by atoms with Crippen molar-refractivity contribution in [1.82, 2.24) is 25.8 Å². The number of aliphatic imine (C=N–C) groups is 2. The van der Waals surface area contributed by atoms with Crippen molar-refractivity contribution in [1.29, 1.82) is 0 Å². The van der Waals surface area contributed by atoms with Crippen LogP contribution in [0.3, 0.4) is 0 Å². The minimum absolute atomic E-state index is 0.00117. The molecule has 4 aromatic rings. The molecule has 0 spiro atoms. The second-order valence-electron chi connectivity index (χ2n) is 15.8. The molecule has 0 saturated carbocycles. The molecule has 6 rings (SSSR count). The van der Waals surface area contributed by atoms with Crippen LogP contribution in [0.2, 0.25) is 0 Å². The zero-order chi connectivity index (χ0) is 45.8. The zero-order valence-corrected chi connectivity index (χ0v) is 35.5. The third-order valence-electron chi connectivity index (χ3n) is 11.5. The molecule has 1 aliphatic heterocycles. The lowest BCUT2D eigenvalue weighted by atomic mass is 9.98. The number of fused-ring (bicyclic) bond motifs is 4. The molecule has 17 heteroatoms. The van der Waals surface area contributed by atoms with Crippen LogP contribution < -0.4 is 38.3 Å². The normalized spacial score (nSPS) is 16.3. The van der Waals surface area contributed by atoms with Gasteiger partial charge in [0.2, 0.25) is 29.5 Å². The first kappa shape index (κ1) is 46.1. The van der Waals surface area contributed by atoms with Crippen LogP contribution in [-0.2, 0) is 35.1 Å². The number of nitrogens with zero attached hydrogens (tertiary/aromatic N) is 3. The van der Waals surface area contributed by atoms with Crippen molar-refractivity contribution in [2.75, 3.05) is 19.7 Å². The number of amides is 5. The lowest BCUT2D eigenvalue weighted by Gasteiger charge is -2.29. The van der Waals surface area contributed by atoms with E-state index >= 15 is 0 Å². The molecule has 3 aromatic carbocycles. The Labute approximate surface area is 371 Å². The van der Waals surface area contributed by atoms with Gasteiger partial charge in [-0.3, -0.25) is 34.0 Å². The number of guanidine groups is 1. The molecule has 1 unspecified atom stereocenters. The van der Waals surface area contributed by atoms with E-state index in [0.717, 1.165) is 33.2 Å². The second kappa shape index (κ2) is 21.6. The fourth-order valence-corrected chi connectivity index (χ4v) is 8.35. The highest BCUT2D eigenvalue weighted by Gasteiger charge is 2.39. The van der Waals surface area contributed by atoms with Gasteiger partial charge in [0.05, 0.1) is 0 Å². The van der Waals surface area contributed by atoms with Crippen LogP contribution in [0.5, 0.6) is 0 Å². The van der Waals surface area contributed by atoms with Crippen molar-refractivity contribution >= 4 is 52.5 Å². The lowest BCUT2D eigenvalue weighted by Crippen LogP contribution is -2.58. The zero-order valence-electron chi connectivity index (χ0n) is 35.5. The molecule has 1 fully saturated rings. The number of para-hydroxylation sites is 1. The van der Waals surface area contributed by atoms with Gasteiger partial charge >= 0.3 is 0 Å². The summed E-state index contributed by atoms with van der Waals surface area (Å²) >= 11 is 0. The number of carbonyl (C=O) groups excluding carboxylic acids is 5. The van der Waals surface area contributed by atoms with Crippen molar-refractivity contribution in [2.24, 2.45) is 27.2 Å². The van der Waals surface area contributed by atoms with Gasteiger partial charge in [-0.25, -0.2) is 0 Å². The first-order valence-electron chi connectivity index (χ1n) is 21.3. The summed E-state index contributed by atoms with van der Waals surface area (Å²) in [4.78, 5) is 81.2. The molecule has 10 N–H and O–H groups in total. The Balaban J connectivity index is 1.19. The number of ether oxygens (including phenoxy) is 1. The van der Waals surface area contributed by atoms with Crippen molar-refractivity contribution in [3.05, 3.63) is 121 Å². The van der Waals surface area contributed by atoms with Crippen LogP contribution >= 0.6 is 0 Å². The van der Waals surface area contributed by atoms with Crippen LogP contribution in [0.4, 0.5) is 0 Å². The number of primary amides is 1. The predicted octanol–water partition coefficient (Wildman–Crippen LogP) is 1.76. The third-order valence-corrected chi connectivity index (χ3v) is 11.5. The fraction of sp³-hybridized carbons (Fsp3) is 0.340. The molecule has 5 amide bonds. The van der Waals surface area contributed by atoms with Crippen LogP contribution in [0.15, 0.2) is 114 Å². The average Bonchev–Trinajstić information content (AvgIpc) is 4.02. The lowest BCUT2D eigenvalue weighted by molar-refractivity contribution is -0.251. The number of rotatable bonds is 21. The standard InChI is InChI=1S/C47H56N10O7/c1-3-13-36(41(48)58)53-42(59)37(21-11-23-51-46(49)50)54-43(60)39(25-28-26-52-35-20-10-9-15-29(28)35)55-44(61)40-22-12-24-57(40)45(62)38(14-4-2)56-47(63)64-27-34-32-18-7-5-16-30(32)31-17-6-8-19-33(31)34/h3-10,15-20,26,34,36-40,52H,1-2,11-14,21-25,27H2,(H2,48,58)(H,53,59)(H,54,60)(H,55,61)(H,56,63)(H4,49,50,51)/p-1/t36-,37-,38-,39-,40?/m0/s1. The summed E-state index contributed by atoms with van der Waals surface area (Å²) in [6, 6.07) is 17.6. The third kappa shape index (κ3) is 11.1. The van der Waals surface area contributed by atoms with E-state index < -0.39 is 65.8 Å². The maximum atomic E-state index is 14.3. The number of carbonyl (C=O) groups is 5. The second-order valence-corrected chi connectivity index (χ2v) is 15.8. The summed E-state index contributed by atoms with van der Waals surface area (Å²) in [5.74, 6) is -3.72. The van der Waals surface area contributed by atoms with E-state index in [4.69, 9.17) is 21.9 Å². The summed E-state index contributed by atoms with van der Waals surface area (Å²) in [6.45, 7) is 7.74. The van der Waals surface area contributed by atoms with Gasteiger partial charge in [-0.1, -0.05) is 78.9 Å². The first-order valence-corrected chi connectivity index (χ1v) is 21.3. The van der Waals surface area contributed by atoms with Crippen LogP contribution in [0, 0.1) is 0 Å². The monoisotopic (exact) mass is 871 g/mol. The van der Waals surface area contributed by atoms with E-state index in [1.807, 2.05) is 72.8 Å². The topological polar surface area (TPSA) is 276 Å². The number of nitrogens with one attached hydrogen (secondary N) is 4. The molecule has 336 valence electrons. The number of likely N-dealkylation sites (tertiary alicyclic amines) is 1. The minimum Gasteiger partial charge on any atom is -0.599 e. The molecule has 1 saturated heterocycles.